The van der Waals surface area contributed by atoms with Crippen LogP contribution in [0.1, 0.15) is 26.6 Å². The quantitative estimate of drug-likeness (QED) is 0.787. The number of ether oxygens (including phenoxy) is 1. The zero-order chi connectivity index (χ0) is 15.7. The molecule has 2 heterocycles. The van der Waals surface area contributed by atoms with E-state index in [1.807, 2.05) is 31.2 Å². The Morgan fingerprint density at radius 3 is 2.73 bits per heavy atom. The van der Waals surface area contributed by atoms with Gasteiger partial charge in [0.1, 0.15) is 17.9 Å². The molecule has 0 saturated heterocycles. The first-order chi connectivity index (χ1) is 10.5. The molecule has 0 fully saturated rings. The topological polar surface area (TPSA) is 60.2 Å². The minimum absolute atomic E-state index is 0.426. The molecule has 1 aromatic carbocycles. The Morgan fingerprint density at radius 1 is 1.23 bits per heavy atom. The molecule has 1 N–H and O–H groups in total. The standard InChI is InChI=1S/C17H21N3O2/c1-4-22-10-15-19-14-9-18-13-8-6-5-7-12(13)16(14)20(15)11-17(2,3)21/h5-9,21H,4,10-11H2,1-3H3. The Morgan fingerprint density at radius 2 is 2.00 bits per heavy atom. The van der Waals surface area contributed by atoms with Crippen molar-refractivity contribution in [2.24, 2.45) is 0 Å². The summed E-state index contributed by atoms with van der Waals surface area (Å²) in [4.78, 5) is 9.11. The van der Waals surface area contributed by atoms with Crippen molar-refractivity contribution in [3.8, 4) is 0 Å². The summed E-state index contributed by atoms with van der Waals surface area (Å²) >= 11 is 0. The van der Waals surface area contributed by atoms with Gasteiger partial charge in [0.05, 0.1) is 29.4 Å². The van der Waals surface area contributed by atoms with E-state index in [1.165, 1.54) is 0 Å². The average molecular weight is 299 g/mol. The number of nitrogens with zero attached hydrogens (tertiary/aromatic N) is 3. The molecular weight excluding hydrogens is 278 g/mol. The highest BCUT2D eigenvalue weighted by Gasteiger charge is 2.20. The number of imidazole rings is 1. The third-order valence-electron chi connectivity index (χ3n) is 3.54. The van der Waals surface area contributed by atoms with Crippen LogP contribution < -0.4 is 0 Å². The molecule has 3 aromatic rings. The Bertz CT molecular complexity index is 803. The number of aliphatic hydroxyl groups is 1. The first-order valence-electron chi connectivity index (χ1n) is 7.52. The third-order valence-corrected chi connectivity index (χ3v) is 3.54. The summed E-state index contributed by atoms with van der Waals surface area (Å²) in [6, 6.07) is 7.99. The van der Waals surface area contributed by atoms with Crippen molar-refractivity contribution >= 4 is 21.9 Å². The van der Waals surface area contributed by atoms with Crippen LogP contribution in [-0.2, 0) is 17.9 Å². The fourth-order valence-electron chi connectivity index (χ4n) is 2.67. The summed E-state index contributed by atoms with van der Waals surface area (Å²) in [7, 11) is 0. The molecule has 0 bridgehead atoms. The van der Waals surface area contributed by atoms with E-state index in [1.54, 1.807) is 20.0 Å². The molecular formula is C17H21N3O2. The van der Waals surface area contributed by atoms with Crippen LogP contribution in [0.15, 0.2) is 30.5 Å². The molecule has 5 heteroatoms. The fraction of sp³-hybridized carbons (Fsp3) is 0.412. The Kier molecular flexibility index (Phi) is 3.85. The van der Waals surface area contributed by atoms with E-state index >= 15 is 0 Å². The van der Waals surface area contributed by atoms with Gasteiger partial charge in [-0.15, -0.1) is 0 Å². The van der Waals surface area contributed by atoms with Crippen molar-refractivity contribution < 1.29 is 9.84 Å². The van der Waals surface area contributed by atoms with Crippen LogP contribution in [-0.4, -0.2) is 31.8 Å². The SMILES string of the molecule is CCOCc1nc2cnc3ccccc3c2n1CC(C)(C)O. The largest absolute Gasteiger partial charge is 0.389 e. The molecule has 0 amide bonds. The van der Waals surface area contributed by atoms with Crippen LogP contribution in [0.25, 0.3) is 21.9 Å². The Balaban J connectivity index is 2.26. The van der Waals surface area contributed by atoms with E-state index in [9.17, 15) is 5.11 Å². The van der Waals surface area contributed by atoms with Gasteiger partial charge in [-0.1, -0.05) is 18.2 Å². The first kappa shape index (κ1) is 14.9. The zero-order valence-electron chi connectivity index (χ0n) is 13.2. The third kappa shape index (κ3) is 2.82. The predicted molar refractivity (Wildman–Crippen MR) is 86.7 cm³/mol. The lowest BCUT2D eigenvalue weighted by Crippen LogP contribution is -2.27. The molecule has 0 aliphatic carbocycles. The van der Waals surface area contributed by atoms with Crippen LogP contribution in [0.3, 0.4) is 0 Å². The van der Waals surface area contributed by atoms with Gasteiger partial charge in [0.2, 0.25) is 0 Å². The minimum atomic E-state index is -0.834. The normalized spacial score (nSPS) is 12.4. The van der Waals surface area contributed by atoms with Gasteiger partial charge in [0.15, 0.2) is 0 Å². The molecule has 0 atom stereocenters. The lowest BCUT2D eigenvalue weighted by molar-refractivity contribution is 0.0582. The Hall–Kier alpha value is -1.98. The predicted octanol–water partition coefficient (Wildman–Crippen LogP) is 2.89. The zero-order valence-corrected chi connectivity index (χ0v) is 13.2. The highest BCUT2D eigenvalue weighted by Crippen LogP contribution is 2.26. The molecule has 22 heavy (non-hydrogen) atoms. The second-order valence-corrected chi connectivity index (χ2v) is 6.07. The van der Waals surface area contributed by atoms with Crippen molar-refractivity contribution in [2.45, 2.75) is 39.5 Å². The number of aromatic nitrogens is 3. The minimum Gasteiger partial charge on any atom is -0.389 e. The van der Waals surface area contributed by atoms with Gasteiger partial charge in [0.25, 0.3) is 0 Å². The van der Waals surface area contributed by atoms with Crippen molar-refractivity contribution in [1.82, 2.24) is 14.5 Å². The van der Waals surface area contributed by atoms with Crippen molar-refractivity contribution in [3.63, 3.8) is 0 Å². The average Bonchev–Trinajstić information content (AvgIpc) is 2.81. The molecule has 0 aliphatic heterocycles. The summed E-state index contributed by atoms with van der Waals surface area (Å²) in [5.41, 5.74) is 1.92. The van der Waals surface area contributed by atoms with Crippen LogP contribution >= 0.6 is 0 Å². The van der Waals surface area contributed by atoms with Gasteiger partial charge in [-0.2, -0.15) is 0 Å². The molecule has 0 unspecified atom stereocenters. The van der Waals surface area contributed by atoms with E-state index in [0.29, 0.717) is 19.8 Å². The van der Waals surface area contributed by atoms with E-state index in [-0.39, 0.29) is 0 Å². The number of para-hydroxylation sites is 1. The molecule has 116 valence electrons. The number of hydrogen-bond donors (Lipinski definition) is 1. The van der Waals surface area contributed by atoms with E-state index in [4.69, 9.17) is 4.74 Å². The second kappa shape index (κ2) is 5.66. The Labute approximate surface area is 129 Å². The van der Waals surface area contributed by atoms with Gasteiger partial charge < -0.3 is 14.4 Å². The van der Waals surface area contributed by atoms with Crippen LogP contribution in [0.4, 0.5) is 0 Å². The fourth-order valence-corrected chi connectivity index (χ4v) is 2.67. The molecule has 0 saturated carbocycles. The van der Waals surface area contributed by atoms with Crippen LogP contribution in [0, 0.1) is 0 Å². The number of hydrogen-bond acceptors (Lipinski definition) is 4. The maximum Gasteiger partial charge on any atom is 0.136 e. The second-order valence-electron chi connectivity index (χ2n) is 6.07. The number of rotatable bonds is 5. The lowest BCUT2D eigenvalue weighted by Gasteiger charge is -2.20. The first-order valence-corrected chi connectivity index (χ1v) is 7.52. The van der Waals surface area contributed by atoms with Gasteiger partial charge in [-0.05, 0) is 26.8 Å². The molecule has 2 aromatic heterocycles. The van der Waals surface area contributed by atoms with Gasteiger partial charge in [0, 0.05) is 12.0 Å². The van der Waals surface area contributed by atoms with E-state index < -0.39 is 5.60 Å². The highest BCUT2D eigenvalue weighted by atomic mass is 16.5. The number of benzene rings is 1. The van der Waals surface area contributed by atoms with Crippen LogP contribution in [0.5, 0.6) is 0 Å². The molecule has 0 aliphatic rings. The van der Waals surface area contributed by atoms with Crippen molar-refractivity contribution in [1.29, 1.82) is 0 Å². The molecule has 5 nitrogen and oxygen atoms in total. The monoisotopic (exact) mass is 299 g/mol. The lowest BCUT2D eigenvalue weighted by atomic mass is 10.1. The van der Waals surface area contributed by atoms with Gasteiger partial charge >= 0.3 is 0 Å². The number of pyridine rings is 1. The smallest absolute Gasteiger partial charge is 0.136 e. The van der Waals surface area contributed by atoms with E-state index in [0.717, 1.165) is 27.8 Å². The molecule has 3 rings (SSSR count). The van der Waals surface area contributed by atoms with Gasteiger partial charge in [-0.3, -0.25) is 4.98 Å². The summed E-state index contributed by atoms with van der Waals surface area (Å²) in [5.74, 6) is 0.817. The number of fused-ring (bicyclic) bond motifs is 3. The highest BCUT2D eigenvalue weighted by molar-refractivity contribution is 6.02. The summed E-state index contributed by atoms with van der Waals surface area (Å²) in [6.45, 7) is 7.07. The maximum absolute atomic E-state index is 10.3. The summed E-state index contributed by atoms with van der Waals surface area (Å²) in [5, 5.41) is 11.3. The molecule has 0 radical (unpaired) electrons. The van der Waals surface area contributed by atoms with E-state index in [2.05, 4.69) is 14.5 Å². The van der Waals surface area contributed by atoms with Gasteiger partial charge in [-0.25, -0.2) is 4.98 Å². The maximum atomic E-state index is 10.3. The summed E-state index contributed by atoms with van der Waals surface area (Å²) < 4.78 is 7.58. The van der Waals surface area contributed by atoms with Crippen LogP contribution in [0.2, 0.25) is 0 Å². The van der Waals surface area contributed by atoms with Crippen molar-refractivity contribution in [2.75, 3.05) is 6.61 Å². The summed E-state index contributed by atoms with van der Waals surface area (Å²) in [6.07, 6.45) is 1.79. The molecule has 0 spiro atoms. The van der Waals surface area contributed by atoms with Crippen molar-refractivity contribution in [3.05, 3.63) is 36.3 Å².